The molecule has 0 atom stereocenters. The van der Waals surface area contributed by atoms with Gasteiger partial charge in [0.1, 0.15) is 0 Å². The molecule has 2 rings (SSSR count). The van der Waals surface area contributed by atoms with Gasteiger partial charge in [-0.2, -0.15) is 0 Å². The van der Waals surface area contributed by atoms with Crippen LogP contribution in [0.2, 0.25) is 0 Å². The lowest BCUT2D eigenvalue weighted by Crippen LogP contribution is -2.61. The SMILES string of the molecule is CC(C)N1CC(C(C)(C)C2CNC2)C1. The summed E-state index contributed by atoms with van der Waals surface area (Å²) in [6, 6.07) is 0.738. The van der Waals surface area contributed by atoms with Crippen molar-refractivity contribution in [3.05, 3.63) is 0 Å². The summed E-state index contributed by atoms with van der Waals surface area (Å²) in [7, 11) is 0. The van der Waals surface area contributed by atoms with Crippen LogP contribution >= 0.6 is 0 Å². The van der Waals surface area contributed by atoms with Crippen molar-refractivity contribution < 1.29 is 0 Å². The smallest absolute Gasteiger partial charge is 0.00388 e. The van der Waals surface area contributed by atoms with Crippen molar-refractivity contribution in [1.29, 1.82) is 0 Å². The quantitative estimate of drug-likeness (QED) is 0.737. The molecule has 0 aromatic carbocycles. The molecule has 2 heterocycles. The van der Waals surface area contributed by atoms with Gasteiger partial charge in [0.2, 0.25) is 0 Å². The molecule has 2 saturated heterocycles. The lowest BCUT2D eigenvalue weighted by atomic mass is 9.64. The van der Waals surface area contributed by atoms with E-state index in [1.54, 1.807) is 0 Å². The van der Waals surface area contributed by atoms with E-state index in [0.29, 0.717) is 5.41 Å². The van der Waals surface area contributed by atoms with E-state index in [2.05, 4.69) is 37.9 Å². The van der Waals surface area contributed by atoms with Crippen LogP contribution in [0.25, 0.3) is 0 Å². The predicted octanol–water partition coefficient (Wildman–Crippen LogP) is 1.57. The highest BCUT2D eigenvalue weighted by Crippen LogP contribution is 2.42. The molecular formula is C12H24N2. The summed E-state index contributed by atoms with van der Waals surface area (Å²) in [4.78, 5) is 2.58. The molecule has 2 nitrogen and oxygen atoms in total. The molecular weight excluding hydrogens is 172 g/mol. The van der Waals surface area contributed by atoms with Gasteiger partial charge in [0, 0.05) is 19.1 Å². The molecule has 0 unspecified atom stereocenters. The van der Waals surface area contributed by atoms with Crippen LogP contribution in [0, 0.1) is 17.3 Å². The highest BCUT2D eigenvalue weighted by atomic mass is 15.2. The fourth-order valence-corrected chi connectivity index (χ4v) is 2.55. The lowest BCUT2D eigenvalue weighted by molar-refractivity contribution is -0.0456. The Labute approximate surface area is 88.1 Å². The first-order valence-corrected chi connectivity index (χ1v) is 5.96. The molecule has 2 aliphatic heterocycles. The first-order valence-electron chi connectivity index (χ1n) is 5.96. The largest absolute Gasteiger partial charge is 0.316 e. The number of rotatable bonds is 3. The zero-order valence-corrected chi connectivity index (χ0v) is 10.0. The second-order valence-corrected chi connectivity index (χ2v) is 5.92. The van der Waals surface area contributed by atoms with Crippen molar-refractivity contribution in [3.63, 3.8) is 0 Å². The van der Waals surface area contributed by atoms with Gasteiger partial charge in [-0.3, -0.25) is 0 Å². The molecule has 82 valence electrons. The van der Waals surface area contributed by atoms with E-state index in [1.807, 2.05) is 0 Å². The van der Waals surface area contributed by atoms with Crippen LogP contribution in [-0.2, 0) is 0 Å². The highest BCUT2D eigenvalue weighted by molar-refractivity contribution is 4.98. The zero-order valence-electron chi connectivity index (χ0n) is 10.0. The Morgan fingerprint density at radius 2 is 1.71 bits per heavy atom. The number of nitrogens with one attached hydrogen (secondary N) is 1. The van der Waals surface area contributed by atoms with Crippen LogP contribution < -0.4 is 5.32 Å². The second-order valence-electron chi connectivity index (χ2n) is 5.92. The minimum absolute atomic E-state index is 0.552. The van der Waals surface area contributed by atoms with Gasteiger partial charge in [-0.25, -0.2) is 0 Å². The third-order valence-corrected chi connectivity index (χ3v) is 4.53. The number of hydrogen-bond acceptors (Lipinski definition) is 2. The van der Waals surface area contributed by atoms with Crippen LogP contribution in [0.5, 0.6) is 0 Å². The monoisotopic (exact) mass is 196 g/mol. The van der Waals surface area contributed by atoms with E-state index in [9.17, 15) is 0 Å². The Hall–Kier alpha value is -0.0800. The van der Waals surface area contributed by atoms with E-state index in [0.717, 1.165) is 17.9 Å². The summed E-state index contributed by atoms with van der Waals surface area (Å²) in [5.74, 6) is 1.85. The van der Waals surface area contributed by atoms with Crippen LogP contribution in [-0.4, -0.2) is 37.1 Å². The first-order chi connectivity index (χ1) is 6.51. The molecule has 0 aliphatic carbocycles. The van der Waals surface area contributed by atoms with Gasteiger partial charge in [-0.05, 0) is 44.2 Å². The topological polar surface area (TPSA) is 15.3 Å². The minimum Gasteiger partial charge on any atom is -0.316 e. The van der Waals surface area contributed by atoms with Crippen LogP contribution in [0.4, 0.5) is 0 Å². The summed E-state index contributed by atoms with van der Waals surface area (Å²) in [6.07, 6.45) is 0. The number of nitrogens with zero attached hydrogens (tertiary/aromatic N) is 1. The standard InChI is InChI=1S/C12H24N2/c1-9(2)14-7-11(8-14)12(3,4)10-5-13-6-10/h9-11,13H,5-8H2,1-4H3. The summed E-state index contributed by atoms with van der Waals surface area (Å²) >= 11 is 0. The maximum atomic E-state index is 3.39. The van der Waals surface area contributed by atoms with E-state index < -0.39 is 0 Å². The molecule has 2 aliphatic rings. The maximum Gasteiger partial charge on any atom is 0.00388 e. The molecule has 0 bridgehead atoms. The molecule has 0 saturated carbocycles. The maximum absolute atomic E-state index is 3.39. The Morgan fingerprint density at radius 1 is 1.14 bits per heavy atom. The van der Waals surface area contributed by atoms with Crippen molar-refractivity contribution >= 4 is 0 Å². The van der Waals surface area contributed by atoms with Gasteiger partial charge in [-0.1, -0.05) is 13.8 Å². The predicted molar refractivity (Wildman–Crippen MR) is 60.3 cm³/mol. The van der Waals surface area contributed by atoms with Gasteiger partial charge in [0.25, 0.3) is 0 Å². The van der Waals surface area contributed by atoms with Crippen molar-refractivity contribution in [2.24, 2.45) is 17.3 Å². The number of hydrogen-bond donors (Lipinski definition) is 1. The molecule has 0 aromatic rings. The molecule has 0 aromatic heterocycles. The van der Waals surface area contributed by atoms with Crippen LogP contribution in [0.15, 0.2) is 0 Å². The molecule has 0 spiro atoms. The fraction of sp³-hybridized carbons (Fsp3) is 1.00. The first kappa shape index (κ1) is 10.4. The van der Waals surface area contributed by atoms with Gasteiger partial charge in [-0.15, -0.1) is 0 Å². The van der Waals surface area contributed by atoms with Crippen LogP contribution in [0.3, 0.4) is 0 Å². The third-order valence-electron chi connectivity index (χ3n) is 4.53. The summed E-state index contributed by atoms with van der Waals surface area (Å²) in [5.41, 5.74) is 0.552. The Balaban J connectivity index is 1.85. The third kappa shape index (κ3) is 1.59. The van der Waals surface area contributed by atoms with E-state index in [-0.39, 0.29) is 0 Å². The molecule has 0 amide bonds. The lowest BCUT2D eigenvalue weighted by Gasteiger charge is -2.54. The van der Waals surface area contributed by atoms with Crippen molar-refractivity contribution in [3.8, 4) is 0 Å². The van der Waals surface area contributed by atoms with Crippen molar-refractivity contribution in [1.82, 2.24) is 10.2 Å². The Bertz CT molecular complexity index is 200. The highest BCUT2D eigenvalue weighted by Gasteiger charge is 2.45. The number of likely N-dealkylation sites (tertiary alicyclic amines) is 1. The molecule has 2 fully saturated rings. The molecule has 14 heavy (non-hydrogen) atoms. The Morgan fingerprint density at radius 3 is 2.07 bits per heavy atom. The fourth-order valence-electron chi connectivity index (χ4n) is 2.55. The van der Waals surface area contributed by atoms with Gasteiger partial charge in [0.15, 0.2) is 0 Å². The van der Waals surface area contributed by atoms with Crippen LogP contribution in [0.1, 0.15) is 27.7 Å². The van der Waals surface area contributed by atoms with E-state index in [1.165, 1.54) is 26.2 Å². The average Bonchev–Trinajstić information content (AvgIpc) is 1.73. The summed E-state index contributed by atoms with van der Waals surface area (Å²) in [6.45, 7) is 14.6. The van der Waals surface area contributed by atoms with E-state index >= 15 is 0 Å². The van der Waals surface area contributed by atoms with Crippen molar-refractivity contribution in [2.75, 3.05) is 26.2 Å². The Kier molecular flexibility index (Phi) is 2.61. The second kappa shape index (κ2) is 3.49. The molecule has 1 N–H and O–H groups in total. The summed E-state index contributed by atoms with van der Waals surface area (Å²) in [5, 5.41) is 3.39. The normalized spacial score (nSPS) is 26.4. The van der Waals surface area contributed by atoms with Crippen molar-refractivity contribution in [2.45, 2.75) is 33.7 Å². The van der Waals surface area contributed by atoms with E-state index in [4.69, 9.17) is 0 Å². The molecule has 0 radical (unpaired) electrons. The average molecular weight is 196 g/mol. The zero-order chi connectivity index (χ0) is 10.3. The minimum atomic E-state index is 0.552. The summed E-state index contributed by atoms with van der Waals surface area (Å²) < 4.78 is 0. The van der Waals surface area contributed by atoms with Gasteiger partial charge >= 0.3 is 0 Å². The van der Waals surface area contributed by atoms with Gasteiger partial charge in [0.05, 0.1) is 0 Å². The van der Waals surface area contributed by atoms with Gasteiger partial charge < -0.3 is 10.2 Å². The molecule has 2 heteroatoms.